The lowest BCUT2D eigenvalue weighted by molar-refractivity contribution is -0.138. The van der Waals surface area contributed by atoms with Crippen LogP contribution in [-0.4, -0.2) is 31.0 Å². The zero-order valence-electron chi connectivity index (χ0n) is 9.59. The topological polar surface area (TPSA) is 23.5 Å². The first-order valence-electron chi connectivity index (χ1n) is 5.24. The molecule has 0 aromatic heterocycles. The van der Waals surface area contributed by atoms with Gasteiger partial charge in [0.2, 0.25) is 0 Å². The van der Waals surface area contributed by atoms with E-state index < -0.39 is 43.3 Å². The average Bonchev–Trinajstić information content (AvgIpc) is 2.25. The molecule has 1 aromatic rings. The zero-order chi connectivity index (χ0) is 14.7. The van der Waals surface area contributed by atoms with Crippen molar-refractivity contribution in [2.75, 3.05) is 24.6 Å². The summed E-state index contributed by atoms with van der Waals surface area (Å²) in [6.07, 6.45) is -9.41. The molecule has 2 nitrogen and oxygen atoms in total. The Bertz CT molecular complexity index is 414. The first kappa shape index (κ1) is 15.6. The highest BCUT2D eigenvalue weighted by Crippen LogP contribution is 2.37. The fourth-order valence-corrected chi connectivity index (χ4v) is 1.61. The van der Waals surface area contributed by atoms with Crippen molar-refractivity contribution in [1.82, 2.24) is 0 Å². The van der Waals surface area contributed by atoms with Crippen molar-refractivity contribution in [1.29, 1.82) is 0 Å². The van der Waals surface area contributed by atoms with Crippen molar-refractivity contribution in [2.45, 2.75) is 12.4 Å². The molecular weight excluding hydrogens is 276 g/mol. The van der Waals surface area contributed by atoms with Gasteiger partial charge in [-0.15, -0.1) is 0 Å². The highest BCUT2D eigenvalue weighted by Gasteiger charge is 2.37. The second kappa shape index (κ2) is 5.68. The minimum absolute atomic E-state index is 0.461. The van der Waals surface area contributed by atoms with E-state index in [1.54, 1.807) is 0 Å². The van der Waals surface area contributed by atoms with Gasteiger partial charge in [0, 0.05) is 12.2 Å². The van der Waals surface area contributed by atoms with Crippen molar-refractivity contribution in [3.8, 4) is 0 Å². The van der Waals surface area contributed by atoms with Crippen LogP contribution in [0.4, 0.5) is 32.0 Å². The summed E-state index contributed by atoms with van der Waals surface area (Å²) < 4.78 is 75.1. The quantitative estimate of drug-likeness (QED) is 0.860. The molecule has 0 unspecified atom stereocenters. The number of halogens is 6. The summed E-state index contributed by atoms with van der Waals surface area (Å²) in [5.74, 6) is 0. The maximum atomic E-state index is 12.7. The number of benzene rings is 1. The monoisotopic (exact) mass is 287 g/mol. The number of alkyl halides is 6. The van der Waals surface area contributed by atoms with Crippen LogP contribution in [0.2, 0.25) is 0 Å². The number of anilines is 1. The zero-order valence-corrected chi connectivity index (χ0v) is 9.59. The van der Waals surface area contributed by atoms with Crippen molar-refractivity contribution in [3.63, 3.8) is 0 Å². The van der Waals surface area contributed by atoms with E-state index in [9.17, 15) is 26.3 Å². The van der Waals surface area contributed by atoms with E-state index in [1.165, 1.54) is 6.07 Å². The second-order valence-electron chi connectivity index (χ2n) is 3.78. The standard InChI is InChI=1S/C11H11F6NO/c12-10(13,14)7-18(5-6-19)9-4-2-1-3-8(9)11(15,16)17/h1-4,19H,5-7H2. The molecule has 8 heteroatoms. The Balaban J connectivity index is 3.16. The van der Waals surface area contributed by atoms with Gasteiger partial charge in [-0.3, -0.25) is 0 Å². The molecule has 108 valence electrons. The van der Waals surface area contributed by atoms with Crippen LogP contribution in [-0.2, 0) is 6.18 Å². The normalized spacial score (nSPS) is 12.6. The van der Waals surface area contributed by atoms with Crippen LogP contribution in [0.5, 0.6) is 0 Å². The predicted octanol–water partition coefficient (Wildman–Crippen LogP) is 3.07. The third kappa shape index (κ3) is 4.62. The van der Waals surface area contributed by atoms with Gasteiger partial charge in [-0.05, 0) is 12.1 Å². The van der Waals surface area contributed by atoms with Crippen molar-refractivity contribution >= 4 is 5.69 Å². The molecule has 0 bridgehead atoms. The van der Waals surface area contributed by atoms with Crippen LogP contribution in [0.15, 0.2) is 24.3 Å². The number of para-hydroxylation sites is 1. The van der Waals surface area contributed by atoms with Gasteiger partial charge >= 0.3 is 12.4 Å². The molecule has 0 amide bonds. The SMILES string of the molecule is OCCN(CC(F)(F)F)c1ccccc1C(F)(F)F. The number of aliphatic hydroxyl groups excluding tert-OH is 1. The number of hydrogen-bond acceptors (Lipinski definition) is 2. The summed E-state index contributed by atoms with van der Waals surface area (Å²) >= 11 is 0. The minimum Gasteiger partial charge on any atom is -0.395 e. The average molecular weight is 287 g/mol. The minimum atomic E-state index is -4.75. The summed E-state index contributed by atoms with van der Waals surface area (Å²) in [5, 5.41) is 8.70. The van der Waals surface area contributed by atoms with Crippen molar-refractivity contribution in [2.24, 2.45) is 0 Å². The Hall–Kier alpha value is -1.44. The number of aliphatic hydroxyl groups is 1. The third-order valence-electron chi connectivity index (χ3n) is 2.29. The Morgan fingerprint density at radius 3 is 2.05 bits per heavy atom. The molecule has 0 saturated carbocycles. The smallest absolute Gasteiger partial charge is 0.395 e. The van der Waals surface area contributed by atoms with Gasteiger partial charge in [0.05, 0.1) is 12.2 Å². The van der Waals surface area contributed by atoms with Crippen LogP contribution in [0.3, 0.4) is 0 Å². The van der Waals surface area contributed by atoms with Gasteiger partial charge in [-0.25, -0.2) is 0 Å². The Kier molecular flexibility index (Phi) is 4.67. The maximum absolute atomic E-state index is 12.7. The molecule has 0 saturated heterocycles. The molecule has 1 rings (SSSR count). The van der Waals surface area contributed by atoms with Gasteiger partial charge in [0.25, 0.3) is 0 Å². The van der Waals surface area contributed by atoms with E-state index in [1.807, 2.05) is 0 Å². The van der Waals surface area contributed by atoms with Gasteiger partial charge < -0.3 is 10.0 Å². The van der Waals surface area contributed by atoms with E-state index >= 15 is 0 Å². The molecule has 0 aliphatic heterocycles. The van der Waals surface area contributed by atoms with Crippen LogP contribution < -0.4 is 4.90 Å². The van der Waals surface area contributed by atoms with Gasteiger partial charge in [0.15, 0.2) is 0 Å². The molecule has 0 fully saturated rings. The summed E-state index contributed by atoms with van der Waals surface area (Å²) in [6.45, 7) is -2.77. The largest absolute Gasteiger partial charge is 0.418 e. The summed E-state index contributed by atoms with van der Waals surface area (Å²) in [7, 11) is 0. The molecule has 0 aliphatic carbocycles. The highest BCUT2D eigenvalue weighted by molar-refractivity contribution is 5.55. The van der Waals surface area contributed by atoms with E-state index in [0.717, 1.165) is 12.1 Å². The number of nitrogens with zero attached hydrogens (tertiary/aromatic N) is 1. The molecule has 0 atom stereocenters. The molecule has 19 heavy (non-hydrogen) atoms. The molecule has 0 radical (unpaired) electrons. The van der Waals surface area contributed by atoms with Crippen LogP contribution in [0.1, 0.15) is 5.56 Å². The van der Waals surface area contributed by atoms with Gasteiger partial charge in [-0.1, -0.05) is 12.1 Å². The molecular formula is C11H11F6NO. The van der Waals surface area contributed by atoms with Gasteiger partial charge in [0.1, 0.15) is 6.54 Å². The lowest BCUT2D eigenvalue weighted by atomic mass is 10.1. The second-order valence-corrected chi connectivity index (χ2v) is 3.78. The summed E-state index contributed by atoms with van der Waals surface area (Å²) in [4.78, 5) is 0.461. The van der Waals surface area contributed by atoms with E-state index in [0.29, 0.717) is 11.0 Å². The van der Waals surface area contributed by atoms with E-state index in [-0.39, 0.29) is 0 Å². The first-order chi connectivity index (χ1) is 8.65. The molecule has 0 aliphatic rings. The molecule has 0 spiro atoms. The lowest BCUT2D eigenvalue weighted by Crippen LogP contribution is -2.37. The lowest BCUT2D eigenvalue weighted by Gasteiger charge is -2.27. The number of hydrogen-bond donors (Lipinski definition) is 1. The van der Waals surface area contributed by atoms with Crippen LogP contribution in [0, 0.1) is 0 Å². The summed E-state index contributed by atoms with van der Waals surface area (Å²) in [5.41, 5.74) is -1.76. The van der Waals surface area contributed by atoms with E-state index in [4.69, 9.17) is 5.11 Å². The fourth-order valence-electron chi connectivity index (χ4n) is 1.61. The summed E-state index contributed by atoms with van der Waals surface area (Å²) in [6, 6.07) is 3.96. The maximum Gasteiger partial charge on any atom is 0.418 e. The Labute approximate surface area is 105 Å². The predicted molar refractivity (Wildman–Crippen MR) is 56.8 cm³/mol. The Morgan fingerprint density at radius 1 is 1.00 bits per heavy atom. The first-order valence-corrected chi connectivity index (χ1v) is 5.24. The van der Waals surface area contributed by atoms with Crippen molar-refractivity contribution in [3.05, 3.63) is 29.8 Å². The molecule has 0 heterocycles. The molecule has 1 N–H and O–H groups in total. The Morgan fingerprint density at radius 2 is 1.58 bits per heavy atom. The van der Waals surface area contributed by atoms with Crippen molar-refractivity contribution < 1.29 is 31.4 Å². The van der Waals surface area contributed by atoms with Crippen LogP contribution >= 0.6 is 0 Å². The van der Waals surface area contributed by atoms with Crippen LogP contribution in [0.25, 0.3) is 0 Å². The third-order valence-corrected chi connectivity index (χ3v) is 2.29. The fraction of sp³-hybridized carbons (Fsp3) is 0.455. The van der Waals surface area contributed by atoms with Gasteiger partial charge in [-0.2, -0.15) is 26.3 Å². The van der Waals surface area contributed by atoms with E-state index in [2.05, 4.69) is 0 Å². The molecule has 1 aromatic carbocycles. The highest BCUT2D eigenvalue weighted by atomic mass is 19.4. The number of rotatable bonds is 4.